The van der Waals surface area contributed by atoms with Crippen molar-refractivity contribution in [2.45, 2.75) is 13.3 Å². The lowest BCUT2D eigenvalue weighted by Gasteiger charge is -2.06. The predicted molar refractivity (Wildman–Crippen MR) is 66.7 cm³/mol. The standard InChI is InChI=1S/C10H15N5S/c1-7-9(11)10(15(2)14-7)13-4-3-8-12-5-6-16-8/h5-6,13H,3-4,11H2,1-2H3. The van der Waals surface area contributed by atoms with Gasteiger partial charge in [-0.3, -0.25) is 4.68 Å². The number of hydrogen-bond acceptors (Lipinski definition) is 5. The Labute approximate surface area is 98.3 Å². The molecule has 0 bridgehead atoms. The van der Waals surface area contributed by atoms with Crippen molar-refractivity contribution in [2.75, 3.05) is 17.6 Å². The highest BCUT2D eigenvalue weighted by atomic mass is 32.1. The van der Waals surface area contributed by atoms with Gasteiger partial charge >= 0.3 is 0 Å². The molecule has 0 aromatic carbocycles. The normalized spacial score (nSPS) is 10.6. The third-order valence-corrected chi connectivity index (χ3v) is 3.22. The monoisotopic (exact) mass is 237 g/mol. The molecule has 0 aliphatic carbocycles. The van der Waals surface area contributed by atoms with Crippen LogP contribution in [0.2, 0.25) is 0 Å². The zero-order valence-corrected chi connectivity index (χ0v) is 10.2. The number of aromatic nitrogens is 3. The van der Waals surface area contributed by atoms with Gasteiger partial charge in [0.1, 0.15) is 5.82 Å². The van der Waals surface area contributed by atoms with E-state index in [1.807, 2.05) is 25.5 Å². The van der Waals surface area contributed by atoms with Gasteiger partial charge in [0.25, 0.3) is 0 Å². The molecule has 86 valence electrons. The number of anilines is 2. The topological polar surface area (TPSA) is 68.8 Å². The molecule has 0 spiro atoms. The van der Waals surface area contributed by atoms with Crippen LogP contribution in [0.1, 0.15) is 10.7 Å². The highest BCUT2D eigenvalue weighted by Crippen LogP contribution is 2.20. The van der Waals surface area contributed by atoms with Crippen LogP contribution in [0.4, 0.5) is 11.5 Å². The zero-order chi connectivity index (χ0) is 11.5. The van der Waals surface area contributed by atoms with Gasteiger partial charge in [0, 0.05) is 31.6 Å². The average molecular weight is 237 g/mol. The van der Waals surface area contributed by atoms with Gasteiger partial charge in [-0.15, -0.1) is 11.3 Å². The molecule has 2 rings (SSSR count). The lowest BCUT2D eigenvalue weighted by molar-refractivity contribution is 0.757. The second kappa shape index (κ2) is 4.52. The van der Waals surface area contributed by atoms with Gasteiger partial charge in [-0.1, -0.05) is 0 Å². The van der Waals surface area contributed by atoms with Crippen molar-refractivity contribution in [3.05, 3.63) is 22.3 Å². The smallest absolute Gasteiger partial charge is 0.147 e. The van der Waals surface area contributed by atoms with E-state index in [0.717, 1.165) is 35.2 Å². The maximum atomic E-state index is 5.90. The van der Waals surface area contributed by atoms with Gasteiger partial charge < -0.3 is 11.1 Å². The average Bonchev–Trinajstić information content (AvgIpc) is 2.82. The summed E-state index contributed by atoms with van der Waals surface area (Å²) in [6, 6.07) is 0. The first-order valence-corrected chi connectivity index (χ1v) is 5.97. The van der Waals surface area contributed by atoms with Crippen molar-refractivity contribution in [1.29, 1.82) is 0 Å². The first kappa shape index (κ1) is 10.9. The fraction of sp³-hybridized carbons (Fsp3) is 0.400. The molecule has 0 aliphatic heterocycles. The van der Waals surface area contributed by atoms with E-state index in [2.05, 4.69) is 15.4 Å². The number of hydrogen-bond donors (Lipinski definition) is 2. The van der Waals surface area contributed by atoms with Crippen molar-refractivity contribution in [2.24, 2.45) is 7.05 Å². The van der Waals surface area contributed by atoms with Crippen LogP contribution in [0.3, 0.4) is 0 Å². The second-order valence-corrected chi connectivity index (χ2v) is 4.55. The highest BCUT2D eigenvalue weighted by molar-refractivity contribution is 7.09. The van der Waals surface area contributed by atoms with Crippen molar-refractivity contribution >= 4 is 22.8 Å². The Bertz CT molecular complexity index is 460. The minimum absolute atomic E-state index is 0.724. The first-order chi connectivity index (χ1) is 7.68. The van der Waals surface area contributed by atoms with Crippen molar-refractivity contribution in [1.82, 2.24) is 14.8 Å². The van der Waals surface area contributed by atoms with Crippen LogP contribution in [-0.4, -0.2) is 21.3 Å². The molecule has 2 aromatic rings. The third kappa shape index (κ3) is 2.16. The van der Waals surface area contributed by atoms with Crippen LogP contribution in [0.25, 0.3) is 0 Å². The Hall–Kier alpha value is -1.56. The fourth-order valence-electron chi connectivity index (χ4n) is 1.55. The number of nitrogens with one attached hydrogen (secondary N) is 1. The molecule has 6 heteroatoms. The van der Waals surface area contributed by atoms with Crippen molar-refractivity contribution in [3.63, 3.8) is 0 Å². The Morgan fingerprint density at radius 3 is 2.94 bits per heavy atom. The molecule has 0 unspecified atom stereocenters. The van der Waals surface area contributed by atoms with Gasteiger partial charge in [-0.25, -0.2) is 4.98 Å². The Kier molecular flexibility index (Phi) is 3.09. The van der Waals surface area contributed by atoms with E-state index < -0.39 is 0 Å². The minimum atomic E-state index is 0.724. The Morgan fingerprint density at radius 2 is 2.38 bits per heavy atom. The summed E-state index contributed by atoms with van der Waals surface area (Å²) in [7, 11) is 1.88. The molecule has 16 heavy (non-hydrogen) atoms. The summed E-state index contributed by atoms with van der Waals surface area (Å²) in [5.74, 6) is 0.883. The molecule has 0 saturated heterocycles. The van der Waals surface area contributed by atoms with Crippen LogP contribution < -0.4 is 11.1 Å². The van der Waals surface area contributed by atoms with Crippen LogP contribution in [0.15, 0.2) is 11.6 Å². The summed E-state index contributed by atoms with van der Waals surface area (Å²) in [4.78, 5) is 4.22. The number of nitrogen functional groups attached to an aromatic ring is 1. The van der Waals surface area contributed by atoms with Crippen molar-refractivity contribution in [3.8, 4) is 0 Å². The van der Waals surface area contributed by atoms with Gasteiger partial charge in [-0.2, -0.15) is 5.10 Å². The number of thiazole rings is 1. The van der Waals surface area contributed by atoms with Gasteiger partial charge in [0.2, 0.25) is 0 Å². The Balaban J connectivity index is 1.95. The minimum Gasteiger partial charge on any atom is -0.394 e. The molecule has 0 aliphatic rings. The molecule has 0 atom stereocenters. The molecule has 0 saturated carbocycles. The third-order valence-electron chi connectivity index (χ3n) is 2.38. The fourth-order valence-corrected chi connectivity index (χ4v) is 2.17. The van der Waals surface area contributed by atoms with E-state index in [1.165, 1.54) is 0 Å². The summed E-state index contributed by atoms with van der Waals surface area (Å²) in [6.45, 7) is 2.72. The van der Waals surface area contributed by atoms with Crippen LogP contribution in [0, 0.1) is 6.92 Å². The van der Waals surface area contributed by atoms with E-state index in [-0.39, 0.29) is 0 Å². The highest BCUT2D eigenvalue weighted by Gasteiger charge is 2.08. The summed E-state index contributed by atoms with van der Waals surface area (Å²) >= 11 is 1.67. The quantitative estimate of drug-likeness (QED) is 0.844. The van der Waals surface area contributed by atoms with E-state index in [4.69, 9.17) is 5.73 Å². The van der Waals surface area contributed by atoms with E-state index in [9.17, 15) is 0 Å². The molecule has 0 radical (unpaired) electrons. The number of nitrogens with two attached hydrogens (primary N) is 1. The maximum Gasteiger partial charge on any atom is 0.147 e. The van der Waals surface area contributed by atoms with Gasteiger partial charge in [-0.05, 0) is 6.92 Å². The maximum absolute atomic E-state index is 5.90. The lowest BCUT2D eigenvalue weighted by Crippen LogP contribution is -2.09. The first-order valence-electron chi connectivity index (χ1n) is 5.10. The molecule has 0 amide bonds. The summed E-state index contributed by atoms with van der Waals surface area (Å²) < 4.78 is 1.77. The molecule has 0 fully saturated rings. The van der Waals surface area contributed by atoms with Crippen molar-refractivity contribution < 1.29 is 0 Å². The van der Waals surface area contributed by atoms with Crippen LogP contribution in [-0.2, 0) is 13.5 Å². The number of nitrogens with zero attached hydrogens (tertiary/aromatic N) is 3. The van der Waals surface area contributed by atoms with Crippen LogP contribution in [0.5, 0.6) is 0 Å². The number of rotatable bonds is 4. The van der Waals surface area contributed by atoms with Crippen LogP contribution >= 0.6 is 11.3 Å². The number of aryl methyl sites for hydroxylation is 2. The largest absolute Gasteiger partial charge is 0.394 e. The summed E-state index contributed by atoms with van der Waals surface area (Å²) in [5.41, 5.74) is 7.49. The Morgan fingerprint density at radius 1 is 1.56 bits per heavy atom. The van der Waals surface area contributed by atoms with Gasteiger partial charge in [0.05, 0.1) is 16.4 Å². The predicted octanol–water partition coefficient (Wildman–Crippen LogP) is 1.42. The summed E-state index contributed by atoms with van der Waals surface area (Å²) in [6.07, 6.45) is 2.73. The van der Waals surface area contributed by atoms with E-state index in [1.54, 1.807) is 16.0 Å². The molecule has 3 N–H and O–H groups in total. The summed E-state index contributed by atoms with van der Waals surface area (Å²) in [5, 5.41) is 10.6. The molecular formula is C10H15N5S. The molecule has 2 aromatic heterocycles. The zero-order valence-electron chi connectivity index (χ0n) is 9.40. The van der Waals surface area contributed by atoms with E-state index in [0.29, 0.717) is 0 Å². The molecule has 2 heterocycles. The SMILES string of the molecule is Cc1nn(C)c(NCCc2nccs2)c1N. The van der Waals surface area contributed by atoms with E-state index >= 15 is 0 Å². The lowest BCUT2D eigenvalue weighted by atomic mass is 10.3. The molecular weight excluding hydrogens is 222 g/mol. The van der Waals surface area contributed by atoms with Gasteiger partial charge in [0.15, 0.2) is 0 Å². The second-order valence-electron chi connectivity index (χ2n) is 3.57. The molecule has 5 nitrogen and oxygen atoms in total.